The van der Waals surface area contributed by atoms with Crippen molar-refractivity contribution in [3.8, 4) is 0 Å². The summed E-state index contributed by atoms with van der Waals surface area (Å²) < 4.78 is 5.92. The maximum absolute atomic E-state index is 12.6. The van der Waals surface area contributed by atoms with Crippen molar-refractivity contribution in [2.75, 3.05) is 39.3 Å². The molecule has 1 aromatic carbocycles. The van der Waals surface area contributed by atoms with E-state index in [0.29, 0.717) is 18.5 Å². The van der Waals surface area contributed by atoms with Crippen LogP contribution in [0.2, 0.25) is 0 Å². The van der Waals surface area contributed by atoms with Gasteiger partial charge in [0.2, 0.25) is 0 Å². The summed E-state index contributed by atoms with van der Waals surface area (Å²) in [5.41, 5.74) is 1.22. The molecule has 0 radical (unpaired) electrons. The predicted molar refractivity (Wildman–Crippen MR) is 97.4 cm³/mol. The van der Waals surface area contributed by atoms with E-state index in [2.05, 4.69) is 34.5 Å². The van der Waals surface area contributed by atoms with Gasteiger partial charge in [-0.3, -0.25) is 4.90 Å². The molecule has 3 atom stereocenters. The molecule has 25 heavy (non-hydrogen) atoms. The number of carbonyl (C=O) groups excluding carboxylic acids is 1. The van der Waals surface area contributed by atoms with Gasteiger partial charge in [-0.2, -0.15) is 0 Å². The third kappa shape index (κ3) is 3.82. The number of likely N-dealkylation sites (tertiary alicyclic amines) is 2. The van der Waals surface area contributed by atoms with Gasteiger partial charge in [0, 0.05) is 38.2 Å². The molecule has 0 aliphatic carbocycles. The van der Waals surface area contributed by atoms with Crippen molar-refractivity contribution >= 4 is 6.03 Å². The first kappa shape index (κ1) is 16.9. The molecule has 1 N–H and O–H groups in total. The summed E-state index contributed by atoms with van der Waals surface area (Å²) in [6.07, 6.45) is 4.86. The van der Waals surface area contributed by atoms with Crippen LogP contribution in [-0.2, 0) is 4.74 Å². The Balaban J connectivity index is 1.27. The molecule has 5 nitrogen and oxygen atoms in total. The number of rotatable bonds is 4. The number of ether oxygens (including phenoxy) is 1. The van der Waals surface area contributed by atoms with Gasteiger partial charge in [-0.05, 0) is 44.3 Å². The first-order valence-corrected chi connectivity index (χ1v) is 9.74. The van der Waals surface area contributed by atoms with Crippen molar-refractivity contribution in [2.24, 2.45) is 5.92 Å². The molecule has 0 spiro atoms. The van der Waals surface area contributed by atoms with Gasteiger partial charge in [-0.15, -0.1) is 0 Å². The Morgan fingerprint density at radius 2 is 1.92 bits per heavy atom. The zero-order valence-electron chi connectivity index (χ0n) is 14.9. The van der Waals surface area contributed by atoms with Crippen LogP contribution >= 0.6 is 0 Å². The van der Waals surface area contributed by atoms with E-state index in [0.717, 1.165) is 32.5 Å². The Labute approximate surface area is 150 Å². The Hall–Kier alpha value is -1.59. The molecule has 0 unspecified atom stereocenters. The molecule has 2 amide bonds. The molecular formula is C20H29N3O2. The Kier molecular flexibility index (Phi) is 5.22. The molecule has 136 valence electrons. The molecule has 0 saturated carbocycles. The number of carbonyl (C=O) groups is 1. The van der Waals surface area contributed by atoms with E-state index in [1.54, 1.807) is 0 Å². The summed E-state index contributed by atoms with van der Waals surface area (Å²) >= 11 is 0. The lowest BCUT2D eigenvalue weighted by Crippen LogP contribution is -2.43. The number of urea groups is 1. The highest BCUT2D eigenvalue weighted by Crippen LogP contribution is 2.34. The van der Waals surface area contributed by atoms with Gasteiger partial charge in [-0.25, -0.2) is 4.79 Å². The van der Waals surface area contributed by atoms with Crippen molar-refractivity contribution in [1.29, 1.82) is 0 Å². The minimum Gasteiger partial charge on any atom is -0.373 e. The summed E-state index contributed by atoms with van der Waals surface area (Å²) in [6.45, 7) is 5.66. The van der Waals surface area contributed by atoms with Gasteiger partial charge >= 0.3 is 6.03 Å². The Bertz CT molecular complexity index is 574. The number of amides is 2. The highest BCUT2D eigenvalue weighted by atomic mass is 16.5. The lowest BCUT2D eigenvalue weighted by molar-refractivity contribution is 0.0905. The fraction of sp³-hybridized carbons (Fsp3) is 0.650. The second-order valence-corrected chi connectivity index (χ2v) is 7.57. The molecule has 1 aromatic rings. The summed E-state index contributed by atoms with van der Waals surface area (Å²) in [7, 11) is 0. The van der Waals surface area contributed by atoms with Crippen LogP contribution in [0.25, 0.3) is 0 Å². The molecule has 3 heterocycles. The SMILES string of the molecule is O=C(NC[C@@H]1CCO[C@@H]1c1ccccc1)N1CC[C@@H](N2CCCC2)C1. The molecular weight excluding hydrogens is 314 g/mol. The van der Waals surface area contributed by atoms with Crippen LogP contribution in [-0.4, -0.2) is 61.2 Å². The third-order valence-corrected chi connectivity index (χ3v) is 5.97. The molecule has 3 saturated heterocycles. The van der Waals surface area contributed by atoms with Gasteiger partial charge in [0.05, 0.1) is 6.10 Å². The quantitative estimate of drug-likeness (QED) is 0.914. The predicted octanol–water partition coefficient (Wildman–Crippen LogP) is 2.64. The number of hydrogen-bond acceptors (Lipinski definition) is 3. The second kappa shape index (κ2) is 7.75. The number of nitrogens with one attached hydrogen (secondary N) is 1. The van der Waals surface area contributed by atoms with Crippen molar-refractivity contribution in [1.82, 2.24) is 15.1 Å². The highest BCUT2D eigenvalue weighted by molar-refractivity contribution is 5.74. The van der Waals surface area contributed by atoms with Gasteiger partial charge in [0.15, 0.2) is 0 Å². The Morgan fingerprint density at radius 1 is 1.12 bits per heavy atom. The molecule has 0 bridgehead atoms. The van der Waals surface area contributed by atoms with E-state index in [9.17, 15) is 4.79 Å². The maximum atomic E-state index is 12.6. The largest absolute Gasteiger partial charge is 0.373 e. The molecule has 3 fully saturated rings. The first-order chi connectivity index (χ1) is 12.3. The average Bonchev–Trinajstić information content (AvgIpc) is 3.41. The lowest BCUT2D eigenvalue weighted by Gasteiger charge is -2.24. The van der Waals surface area contributed by atoms with Crippen molar-refractivity contribution in [3.05, 3.63) is 35.9 Å². The molecule has 0 aromatic heterocycles. The van der Waals surface area contributed by atoms with Crippen LogP contribution in [0, 0.1) is 5.92 Å². The van der Waals surface area contributed by atoms with Crippen LogP contribution in [0.3, 0.4) is 0 Å². The van der Waals surface area contributed by atoms with E-state index >= 15 is 0 Å². The summed E-state index contributed by atoms with van der Waals surface area (Å²) in [5, 5.41) is 3.17. The third-order valence-electron chi connectivity index (χ3n) is 5.97. The fourth-order valence-electron chi connectivity index (χ4n) is 4.52. The van der Waals surface area contributed by atoms with Gasteiger partial charge < -0.3 is 15.0 Å². The normalized spacial score (nSPS) is 30.1. The van der Waals surface area contributed by atoms with Crippen molar-refractivity contribution in [3.63, 3.8) is 0 Å². The summed E-state index contributed by atoms with van der Waals surface area (Å²) in [6, 6.07) is 11.0. The average molecular weight is 343 g/mol. The lowest BCUT2D eigenvalue weighted by atomic mass is 9.95. The number of benzene rings is 1. The topological polar surface area (TPSA) is 44.8 Å². The van der Waals surface area contributed by atoms with Gasteiger partial charge in [0.1, 0.15) is 0 Å². The molecule has 4 rings (SSSR count). The molecule has 3 aliphatic heterocycles. The maximum Gasteiger partial charge on any atom is 0.317 e. The summed E-state index contributed by atoms with van der Waals surface area (Å²) in [4.78, 5) is 17.1. The van der Waals surface area contributed by atoms with E-state index in [1.165, 1.54) is 31.5 Å². The monoisotopic (exact) mass is 343 g/mol. The van der Waals surface area contributed by atoms with Crippen LogP contribution in [0.1, 0.15) is 37.4 Å². The van der Waals surface area contributed by atoms with Gasteiger partial charge in [-0.1, -0.05) is 30.3 Å². The van der Waals surface area contributed by atoms with Crippen molar-refractivity contribution in [2.45, 2.75) is 37.8 Å². The first-order valence-electron chi connectivity index (χ1n) is 9.74. The van der Waals surface area contributed by atoms with Crippen LogP contribution in [0.5, 0.6) is 0 Å². The summed E-state index contributed by atoms with van der Waals surface area (Å²) in [5.74, 6) is 0.364. The van der Waals surface area contributed by atoms with E-state index in [1.807, 2.05) is 11.0 Å². The highest BCUT2D eigenvalue weighted by Gasteiger charge is 2.33. The zero-order chi connectivity index (χ0) is 17.1. The van der Waals surface area contributed by atoms with E-state index < -0.39 is 0 Å². The number of hydrogen-bond donors (Lipinski definition) is 1. The second-order valence-electron chi connectivity index (χ2n) is 7.57. The smallest absolute Gasteiger partial charge is 0.317 e. The fourth-order valence-corrected chi connectivity index (χ4v) is 4.52. The van der Waals surface area contributed by atoms with E-state index in [-0.39, 0.29) is 12.1 Å². The number of nitrogens with zero attached hydrogens (tertiary/aromatic N) is 2. The van der Waals surface area contributed by atoms with Gasteiger partial charge in [0.25, 0.3) is 0 Å². The zero-order valence-corrected chi connectivity index (χ0v) is 14.9. The minimum atomic E-state index is 0.0976. The van der Waals surface area contributed by atoms with Crippen LogP contribution in [0.4, 0.5) is 4.79 Å². The molecule has 5 heteroatoms. The van der Waals surface area contributed by atoms with Crippen molar-refractivity contribution < 1.29 is 9.53 Å². The Morgan fingerprint density at radius 3 is 2.72 bits per heavy atom. The molecule has 3 aliphatic rings. The van der Waals surface area contributed by atoms with E-state index in [4.69, 9.17) is 4.74 Å². The van der Waals surface area contributed by atoms with Crippen LogP contribution < -0.4 is 5.32 Å². The minimum absolute atomic E-state index is 0.0976. The van der Waals surface area contributed by atoms with Crippen LogP contribution in [0.15, 0.2) is 30.3 Å². The standard InChI is InChI=1S/C20H29N3O2/c24-20(23-12-8-18(15-23)22-10-4-5-11-22)21-14-17-9-13-25-19(17)16-6-2-1-3-7-16/h1-3,6-7,17-19H,4-5,8-15H2,(H,21,24)/t17-,18+,19+/m0/s1.